The number of rotatable bonds is 6. The largest absolute Gasteiger partial charge is 0.338 e. The molecule has 0 saturated carbocycles. The van der Waals surface area contributed by atoms with Gasteiger partial charge in [0.15, 0.2) is 0 Å². The second-order valence-corrected chi connectivity index (χ2v) is 6.25. The van der Waals surface area contributed by atoms with Gasteiger partial charge in [-0.05, 0) is 37.6 Å². The lowest BCUT2D eigenvalue weighted by Gasteiger charge is -2.14. The molecule has 0 spiro atoms. The zero-order chi connectivity index (χ0) is 16.5. The quantitative estimate of drug-likeness (QED) is 0.819. The van der Waals surface area contributed by atoms with E-state index in [1.807, 2.05) is 25.9 Å². The van der Waals surface area contributed by atoms with Crippen LogP contribution in [0.15, 0.2) is 24.3 Å². The van der Waals surface area contributed by atoms with Crippen LogP contribution < -0.4 is 5.32 Å². The molecule has 0 aliphatic carbocycles. The van der Waals surface area contributed by atoms with Gasteiger partial charge in [-0.1, -0.05) is 56.9 Å². The number of hydrogen-bond acceptors (Lipinski definition) is 2. The Bertz CT molecular complexity index is 521. The highest BCUT2D eigenvalue weighted by Crippen LogP contribution is 2.16. The van der Waals surface area contributed by atoms with Gasteiger partial charge in [0, 0.05) is 6.42 Å². The lowest BCUT2D eigenvalue weighted by Crippen LogP contribution is -2.27. The molecular weight excluding hydrogens is 272 g/mol. The molecule has 22 heavy (non-hydrogen) atoms. The minimum absolute atomic E-state index is 0.0235. The zero-order valence-electron chi connectivity index (χ0n) is 14.4. The fourth-order valence-electron chi connectivity index (χ4n) is 2.09. The van der Waals surface area contributed by atoms with E-state index < -0.39 is 0 Å². The van der Waals surface area contributed by atoms with Crippen molar-refractivity contribution in [3.8, 4) is 11.8 Å². The van der Waals surface area contributed by atoms with E-state index in [-0.39, 0.29) is 11.9 Å². The number of carbonyl (C=O) groups is 1. The molecule has 1 rings (SSSR count). The van der Waals surface area contributed by atoms with Gasteiger partial charge in [-0.15, -0.1) is 0 Å². The molecule has 1 aromatic rings. The molecule has 0 aliphatic heterocycles. The van der Waals surface area contributed by atoms with Crippen LogP contribution in [0.3, 0.4) is 0 Å². The third kappa shape index (κ3) is 6.78. The second kappa shape index (κ2) is 9.27. The summed E-state index contributed by atoms with van der Waals surface area (Å²) in [4.78, 5) is 13.7. The second-order valence-electron chi connectivity index (χ2n) is 6.25. The average molecular weight is 300 g/mol. The van der Waals surface area contributed by atoms with E-state index in [0.717, 1.165) is 12.0 Å². The van der Waals surface area contributed by atoms with Crippen LogP contribution in [0.4, 0.5) is 0 Å². The summed E-state index contributed by atoms with van der Waals surface area (Å²) >= 11 is 0. The molecule has 0 bridgehead atoms. The van der Waals surface area contributed by atoms with Crippen molar-refractivity contribution in [2.45, 2.75) is 39.7 Å². The first-order valence-electron chi connectivity index (χ1n) is 7.93. The molecule has 0 radical (unpaired) electrons. The lowest BCUT2D eigenvalue weighted by atomic mass is 9.99. The number of nitrogens with zero attached hydrogens (tertiary/aromatic N) is 1. The molecule has 0 unspecified atom stereocenters. The summed E-state index contributed by atoms with van der Waals surface area (Å²) < 4.78 is 0. The van der Waals surface area contributed by atoms with E-state index in [0.29, 0.717) is 18.9 Å². The highest BCUT2D eigenvalue weighted by molar-refractivity contribution is 5.76. The van der Waals surface area contributed by atoms with Crippen molar-refractivity contribution in [2.24, 2.45) is 5.92 Å². The van der Waals surface area contributed by atoms with Crippen LogP contribution in [0.1, 0.15) is 44.4 Å². The minimum Gasteiger partial charge on any atom is -0.338 e. The molecule has 0 aromatic heterocycles. The van der Waals surface area contributed by atoms with Gasteiger partial charge in [0.05, 0.1) is 6.54 Å². The smallest absolute Gasteiger partial charge is 0.220 e. The monoisotopic (exact) mass is 300 g/mol. The summed E-state index contributed by atoms with van der Waals surface area (Å²) in [5.74, 6) is 6.95. The van der Waals surface area contributed by atoms with Crippen molar-refractivity contribution in [1.29, 1.82) is 0 Å². The van der Waals surface area contributed by atoms with Crippen molar-refractivity contribution < 1.29 is 4.79 Å². The SMILES string of the molecule is CCC(=O)N[C@@H](C#CCN(C)C)c1ccc(CC(C)C)cc1. The molecule has 3 nitrogen and oxygen atoms in total. The average Bonchev–Trinajstić information content (AvgIpc) is 2.46. The molecule has 0 fully saturated rings. The molecular formula is C19H28N2O. The van der Waals surface area contributed by atoms with Crippen LogP contribution in [-0.2, 0) is 11.2 Å². The van der Waals surface area contributed by atoms with Crippen molar-refractivity contribution in [2.75, 3.05) is 20.6 Å². The van der Waals surface area contributed by atoms with E-state index in [2.05, 4.69) is 55.3 Å². The predicted molar refractivity (Wildman–Crippen MR) is 92.5 cm³/mol. The Morgan fingerprint density at radius 2 is 1.86 bits per heavy atom. The topological polar surface area (TPSA) is 32.3 Å². The number of amides is 1. The summed E-state index contributed by atoms with van der Waals surface area (Å²) in [5, 5.41) is 2.99. The van der Waals surface area contributed by atoms with Gasteiger partial charge in [-0.25, -0.2) is 0 Å². The third-order valence-electron chi connectivity index (χ3n) is 3.23. The maximum atomic E-state index is 11.7. The number of hydrogen-bond donors (Lipinski definition) is 1. The maximum absolute atomic E-state index is 11.7. The molecule has 1 N–H and O–H groups in total. The fraction of sp³-hybridized carbons (Fsp3) is 0.526. The Balaban J connectivity index is 2.88. The summed E-state index contributed by atoms with van der Waals surface area (Å²) in [5.41, 5.74) is 2.36. The Kier molecular flexibility index (Phi) is 7.70. The number of carbonyl (C=O) groups excluding carboxylic acids is 1. The normalized spacial score (nSPS) is 12.0. The Morgan fingerprint density at radius 3 is 2.36 bits per heavy atom. The molecule has 0 aliphatic rings. The van der Waals surface area contributed by atoms with Crippen LogP contribution in [0, 0.1) is 17.8 Å². The van der Waals surface area contributed by atoms with Gasteiger partial charge in [-0.2, -0.15) is 0 Å². The summed E-state index contributed by atoms with van der Waals surface area (Å²) in [7, 11) is 3.96. The number of benzene rings is 1. The first-order valence-corrected chi connectivity index (χ1v) is 7.93. The first kappa shape index (κ1) is 18.3. The number of nitrogens with one attached hydrogen (secondary N) is 1. The van der Waals surface area contributed by atoms with Gasteiger partial charge in [0.2, 0.25) is 5.91 Å². The van der Waals surface area contributed by atoms with Gasteiger partial charge < -0.3 is 5.32 Å². The highest BCUT2D eigenvalue weighted by atomic mass is 16.1. The van der Waals surface area contributed by atoms with E-state index >= 15 is 0 Å². The van der Waals surface area contributed by atoms with Gasteiger partial charge >= 0.3 is 0 Å². The summed E-state index contributed by atoms with van der Waals surface area (Å²) in [6, 6.07) is 8.17. The third-order valence-corrected chi connectivity index (χ3v) is 3.23. The molecule has 3 heteroatoms. The molecule has 1 amide bonds. The zero-order valence-corrected chi connectivity index (χ0v) is 14.4. The molecule has 120 valence electrons. The fourth-order valence-corrected chi connectivity index (χ4v) is 2.09. The van der Waals surface area contributed by atoms with Crippen molar-refractivity contribution in [3.63, 3.8) is 0 Å². The van der Waals surface area contributed by atoms with E-state index in [4.69, 9.17) is 0 Å². The summed E-state index contributed by atoms with van der Waals surface area (Å²) in [6.45, 7) is 6.96. The Labute approximate surface area is 135 Å². The van der Waals surface area contributed by atoms with Crippen molar-refractivity contribution >= 4 is 5.91 Å². The van der Waals surface area contributed by atoms with Crippen molar-refractivity contribution in [1.82, 2.24) is 10.2 Å². The van der Waals surface area contributed by atoms with Crippen LogP contribution in [0.5, 0.6) is 0 Å². The van der Waals surface area contributed by atoms with E-state index in [1.54, 1.807) is 0 Å². The Hall–Kier alpha value is -1.79. The lowest BCUT2D eigenvalue weighted by molar-refractivity contribution is -0.121. The Morgan fingerprint density at radius 1 is 1.23 bits per heavy atom. The van der Waals surface area contributed by atoms with Gasteiger partial charge in [0.1, 0.15) is 6.04 Å². The van der Waals surface area contributed by atoms with Crippen molar-refractivity contribution in [3.05, 3.63) is 35.4 Å². The highest BCUT2D eigenvalue weighted by Gasteiger charge is 2.11. The standard InChI is InChI=1S/C19H28N2O/c1-6-19(22)20-18(8-7-13-21(4)5)17-11-9-16(10-12-17)14-15(2)3/h9-12,15,18H,6,13-14H2,1-5H3,(H,20,22)/t18-/m0/s1. The van der Waals surface area contributed by atoms with Crippen LogP contribution >= 0.6 is 0 Å². The predicted octanol–water partition coefficient (Wildman–Crippen LogP) is 3.02. The van der Waals surface area contributed by atoms with Gasteiger partial charge in [-0.3, -0.25) is 9.69 Å². The van der Waals surface area contributed by atoms with E-state index in [9.17, 15) is 4.79 Å². The maximum Gasteiger partial charge on any atom is 0.220 e. The minimum atomic E-state index is -0.236. The first-order chi connectivity index (χ1) is 10.4. The summed E-state index contributed by atoms with van der Waals surface area (Å²) in [6.07, 6.45) is 1.54. The van der Waals surface area contributed by atoms with Crippen LogP contribution in [-0.4, -0.2) is 31.4 Å². The molecule has 1 aromatic carbocycles. The van der Waals surface area contributed by atoms with Gasteiger partial charge in [0.25, 0.3) is 0 Å². The van der Waals surface area contributed by atoms with E-state index in [1.165, 1.54) is 5.56 Å². The molecule has 0 saturated heterocycles. The molecule has 1 atom stereocenters. The van der Waals surface area contributed by atoms with Crippen LogP contribution in [0.2, 0.25) is 0 Å². The van der Waals surface area contributed by atoms with Crippen LogP contribution in [0.25, 0.3) is 0 Å². The molecule has 0 heterocycles.